The Kier molecular flexibility index (Phi) is 4.54. The van der Waals surface area contributed by atoms with E-state index in [0.29, 0.717) is 22.5 Å². The fraction of sp³-hybridized carbons (Fsp3) is 0.571. The van der Waals surface area contributed by atoms with E-state index in [2.05, 4.69) is 6.92 Å². The third-order valence-electron chi connectivity index (χ3n) is 3.94. The van der Waals surface area contributed by atoms with Gasteiger partial charge in [0.1, 0.15) is 0 Å². The van der Waals surface area contributed by atoms with E-state index in [1.807, 2.05) is 12.1 Å². The van der Waals surface area contributed by atoms with E-state index in [-0.39, 0.29) is 11.8 Å². The van der Waals surface area contributed by atoms with Crippen molar-refractivity contribution in [1.82, 2.24) is 0 Å². The van der Waals surface area contributed by atoms with E-state index in [4.69, 9.17) is 28.9 Å². The maximum absolute atomic E-state index is 10.4. The molecule has 0 saturated heterocycles. The number of hydrogen-bond donors (Lipinski definition) is 2. The van der Waals surface area contributed by atoms with Crippen LogP contribution in [0.15, 0.2) is 18.2 Å². The van der Waals surface area contributed by atoms with E-state index >= 15 is 0 Å². The summed E-state index contributed by atoms with van der Waals surface area (Å²) in [6, 6.07) is 5.47. The molecule has 2 nitrogen and oxygen atoms in total. The van der Waals surface area contributed by atoms with Crippen LogP contribution in [0.3, 0.4) is 0 Å². The highest BCUT2D eigenvalue weighted by Gasteiger charge is 2.36. The largest absolute Gasteiger partial charge is 0.392 e. The van der Waals surface area contributed by atoms with E-state index in [1.165, 1.54) is 12.8 Å². The zero-order chi connectivity index (χ0) is 13.3. The smallest absolute Gasteiger partial charge is 0.0649 e. The van der Waals surface area contributed by atoms with Crippen molar-refractivity contribution in [3.8, 4) is 0 Å². The van der Waals surface area contributed by atoms with E-state index in [9.17, 15) is 5.11 Å². The van der Waals surface area contributed by atoms with Crippen molar-refractivity contribution in [3.05, 3.63) is 33.8 Å². The van der Waals surface area contributed by atoms with Crippen LogP contribution in [0.5, 0.6) is 0 Å². The Hall–Kier alpha value is -0.280. The van der Waals surface area contributed by atoms with Crippen LogP contribution in [-0.4, -0.2) is 17.8 Å². The molecule has 3 unspecified atom stereocenters. The molecule has 1 aliphatic carbocycles. The van der Waals surface area contributed by atoms with Crippen molar-refractivity contribution in [3.63, 3.8) is 0 Å². The van der Waals surface area contributed by atoms with E-state index in [0.717, 1.165) is 5.56 Å². The molecule has 100 valence electrons. The van der Waals surface area contributed by atoms with Gasteiger partial charge in [0.25, 0.3) is 0 Å². The Morgan fingerprint density at radius 3 is 2.50 bits per heavy atom. The summed E-state index contributed by atoms with van der Waals surface area (Å²) in [7, 11) is 0. The number of halogens is 2. The first kappa shape index (κ1) is 14.1. The molecule has 0 bridgehead atoms. The van der Waals surface area contributed by atoms with Crippen molar-refractivity contribution in [1.29, 1.82) is 0 Å². The van der Waals surface area contributed by atoms with E-state index in [1.54, 1.807) is 6.07 Å². The van der Waals surface area contributed by atoms with E-state index < -0.39 is 6.10 Å². The first-order chi connectivity index (χ1) is 8.54. The monoisotopic (exact) mass is 287 g/mol. The van der Waals surface area contributed by atoms with Crippen molar-refractivity contribution < 1.29 is 5.11 Å². The fourth-order valence-electron chi connectivity index (χ4n) is 2.48. The zero-order valence-electron chi connectivity index (χ0n) is 10.4. The molecule has 1 saturated carbocycles. The van der Waals surface area contributed by atoms with Crippen LogP contribution in [0.25, 0.3) is 0 Å². The van der Waals surface area contributed by atoms with Gasteiger partial charge in [-0.05, 0) is 42.4 Å². The van der Waals surface area contributed by atoms with Gasteiger partial charge in [0, 0.05) is 12.5 Å². The van der Waals surface area contributed by atoms with Gasteiger partial charge in [0.15, 0.2) is 0 Å². The standard InChI is InChI=1S/C14H19Cl2NO/c1-8(9-2-3-9)14(18)11(7-17)10-4-5-12(15)13(16)6-10/h4-6,8-9,11,14,18H,2-3,7,17H2,1H3. The average molecular weight is 288 g/mol. The van der Waals surface area contributed by atoms with Crippen LogP contribution < -0.4 is 5.73 Å². The molecular weight excluding hydrogens is 269 g/mol. The van der Waals surface area contributed by atoms with Gasteiger partial charge < -0.3 is 10.8 Å². The van der Waals surface area contributed by atoms with Crippen LogP contribution in [-0.2, 0) is 0 Å². The van der Waals surface area contributed by atoms with Crippen LogP contribution in [0.4, 0.5) is 0 Å². The van der Waals surface area contributed by atoms with Crippen LogP contribution in [0, 0.1) is 11.8 Å². The number of aliphatic hydroxyl groups is 1. The molecule has 18 heavy (non-hydrogen) atoms. The minimum atomic E-state index is -0.417. The Bertz CT molecular complexity index is 420. The Labute approximate surface area is 118 Å². The van der Waals surface area contributed by atoms with Gasteiger partial charge in [-0.15, -0.1) is 0 Å². The summed E-state index contributed by atoms with van der Waals surface area (Å²) in [5.74, 6) is 0.861. The molecule has 0 amide bonds. The minimum Gasteiger partial charge on any atom is -0.392 e. The number of nitrogens with two attached hydrogens (primary N) is 1. The summed E-state index contributed by atoms with van der Waals surface area (Å²) < 4.78 is 0. The normalized spacial score (nSPS) is 20.5. The summed E-state index contributed by atoms with van der Waals surface area (Å²) in [6.45, 7) is 2.51. The third-order valence-corrected chi connectivity index (χ3v) is 4.68. The van der Waals surface area contributed by atoms with Crippen molar-refractivity contribution in [2.75, 3.05) is 6.54 Å². The Balaban J connectivity index is 2.18. The minimum absolute atomic E-state index is 0.0737. The summed E-state index contributed by atoms with van der Waals surface area (Å²) in [4.78, 5) is 0. The SMILES string of the molecule is CC(C1CC1)C(O)C(CN)c1ccc(Cl)c(Cl)c1. The molecular formula is C14H19Cl2NO. The maximum Gasteiger partial charge on any atom is 0.0649 e. The van der Waals surface area contributed by atoms with Crippen molar-refractivity contribution in [2.45, 2.75) is 31.8 Å². The zero-order valence-corrected chi connectivity index (χ0v) is 12.0. The van der Waals surface area contributed by atoms with Gasteiger partial charge in [-0.3, -0.25) is 0 Å². The van der Waals surface area contributed by atoms with Crippen LogP contribution in [0.2, 0.25) is 10.0 Å². The molecule has 1 aromatic carbocycles. The summed E-state index contributed by atoms with van der Waals surface area (Å²) in [5, 5.41) is 11.5. The number of aliphatic hydroxyl groups excluding tert-OH is 1. The quantitative estimate of drug-likeness (QED) is 0.871. The highest BCUT2D eigenvalue weighted by molar-refractivity contribution is 6.42. The topological polar surface area (TPSA) is 46.2 Å². The molecule has 0 aromatic heterocycles. The first-order valence-corrected chi connectivity index (χ1v) is 7.13. The van der Waals surface area contributed by atoms with Gasteiger partial charge in [-0.1, -0.05) is 36.2 Å². The van der Waals surface area contributed by atoms with Gasteiger partial charge >= 0.3 is 0 Å². The second-order valence-corrected chi connectivity index (χ2v) is 6.02. The Morgan fingerprint density at radius 2 is 2.00 bits per heavy atom. The van der Waals surface area contributed by atoms with Gasteiger partial charge in [-0.2, -0.15) is 0 Å². The molecule has 2 rings (SSSR count). The summed E-state index contributed by atoms with van der Waals surface area (Å²) in [5.41, 5.74) is 6.78. The molecule has 0 aliphatic heterocycles. The first-order valence-electron chi connectivity index (χ1n) is 6.37. The average Bonchev–Trinajstić information content (AvgIpc) is 3.17. The lowest BCUT2D eigenvalue weighted by molar-refractivity contribution is 0.0801. The third kappa shape index (κ3) is 3.00. The van der Waals surface area contributed by atoms with Gasteiger partial charge in [-0.25, -0.2) is 0 Å². The van der Waals surface area contributed by atoms with Gasteiger partial charge in [0.2, 0.25) is 0 Å². The lowest BCUT2D eigenvalue weighted by atomic mass is 9.84. The molecule has 0 heterocycles. The lowest BCUT2D eigenvalue weighted by Gasteiger charge is -2.27. The van der Waals surface area contributed by atoms with Crippen LogP contribution >= 0.6 is 23.2 Å². The number of benzene rings is 1. The maximum atomic E-state index is 10.4. The second-order valence-electron chi connectivity index (χ2n) is 5.20. The molecule has 3 atom stereocenters. The van der Waals surface area contributed by atoms with Crippen LogP contribution in [0.1, 0.15) is 31.2 Å². The second kappa shape index (κ2) is 5.79. The predicted molar refractivity (Wildman–Crippen MR) is 76.2 cm³/mol. The summed E-state index contributed by atoms with van der Waals surface area (Å²) >= 11 is 11.9. The molecule has 1 aliphatic rings. The lowest BCUT2D eigenvalue weighted by Crippen LogP contribution is -2.32. The summed E-state index contributed by atoms with van der Waals surface area (Å²) in [6.07, 6.45) is 2.02. The molecule has 0 spiro atoms. The van der Waals surface area contributed by atoms with Gasteiger partial charge in [0.05, 0.1) is 16.1 Å². The molecule has 1 aromatic rings. The molecule has 0 radical (unpaired) electrons. The Morgan fingerprint density at radius 1 is 1.33 bits per heavy atom. The fourth-order valence-corrected chi connectivity index (χ4v) is 2.79. The van der Waals surface area contributed by atoms with Crippen molar-refractivity contribution >= 4 is 23.2 Å². The highest BCUT2D eigenvalue weighted by atomic mass is 35.5. The highest BCUT2D eigenvalue weighted by Crippen LogP contribution is 2.41. The van der Waals surface area contributed by atoms with Crippen molar-refractivity contribution in [2.24, 2.45) is 17.6 Å². The molecule has 3 N–H and O–H groups in total. The molecule has 4 heteroatoms. The number of rotatable bonds is 5. The number of hydrogen-bond acceptors (Lipinski definition) is 2. The predicted octanol–water partition coefficient (Wildman–Crippen LogP) is 3.44. The molecule has 1 fully saturated rings.